The van der Waals surface area contributed by atoms with E-state index in [0.717, 1.165) is 16.7 Å². The molecule has 2 aromatic heterocycles. The average molecular weight is 269 g/mol. The third-order valence-electron chi connectivity index (χ3n) is 3.30. The molecule has 0 bridgehead atoms. The van der Waals surface area contributed by atoms with E-state index in [2.05, 4.69) is 20.5 Å². The van der Waals surface area contributed by atoms with Gasteiger partial charge in [-0.2, -0.15) is 0 Å². The van der Waals surface area contributed by atoms with Gasteiger partial charge in [0.15, 0.2) is 5.82 Å². The molecule has 1 aromatic carbocycles. The monoisotopic (exact) mass is 269 g/mol. The molecule has 1 atom stereocenters. The molecule has 0 fully saturated rings. The molecule has 0 aliphatic rings. The van der Waals surface area contributed by atoms with Gasteiger partial charge in [0.2, 0.25) is 0 Å². The Kier molecular flexibility index (Phi) is 2.98. The predicted molar refractivity (Wildman–Crippen MR) is 75.2 cm³/mol. The third kappa shape index (κ3) is 2.16. The summed E-state index contributed by atoms with van der Waals surface area (Å²) in [6, 6.07) is 7.31. The van der Waals surface area contributed by atoms with Crippen molar-refractivity contribution in [3.8, 4) is 0 Å². The number of hydrogen-bond donors (Lipinski definition) is 2. The molecule has 1 amide bonds. The molecule has 0 spiro atoms. The van der Waals surface area contributed by atoms with E-state index in [1.165, 1.54) is 0 Å². The lowest BCUT2D eigenvalue weighted by molar-refractivity contribution is 0.0938. The minimum absolute atomic E-state index is 0.122. The Balaban J connectivity index is 1.80. The fourth-order valence-electron chi connectivity index (χ4n) is 2.22. The van der Waals surface area contributed by atoms with Gasteiger partial charge in [0.1, 0.15) is 6.33 Å². The van der Waals surface area contributed by atoms with E-state index in [4.69, 9.17) is 0 Å². The second-order valence-electron chi connectivity index (χ2n) is 4.77. The summed E-state index contributed by atoms with van der Waals surface area (Å²) in [6.45, 7) is 1.89. The number of H-pyrrole nitrogens is 1. The number of benzene rings is 1. The fraction of sp³-hybridized carbons (Fsp3) is 0.214. The summed E-state index contributed by atoms with van der Waals surface area (Å²) in [6.07, 6.45) is 3.47. The van der Waals surface area contributed by atoms with Crippen molar-refractivity contribution in [1.82, 2.24) is 25.1 Å². The van der Waals surface area contributed by atoms with Crippen LogP contribution < -0.4 is 5.32 Å². The first kappa shape index (κ1) is 12.4. The Morgan fingerprint density at radius 1 is 1.40 bits per heavy atom. The van der Waals surface area contributed by atoms with Crippen LogP contribution >= 0.6 is 0 Å². The van der Waals surface area contributed by atoms with Gasteiger partial charge in [0.05, 0.1) is 6.04 Å². The first-order chi connectivity index (χ1) is 9.65. The van der Waals surface area contributed by atoms with E-state index in [-0.39, 0.29) is 11.9 Å². The van der Waals surface area contributed by atoms with Gasteiger partial charge in [-0.25, -0.2) is 0 Å². The number of hydrogen-bond acceptors (Lipinski definition) is 3. The van der Waals surface area contributed by atoms with Crippen LogP contribution in [0.4, 0.5) is 0 Å². The maximum atomic E-state index is 12.2. The number of rotatable bonds is 3. The van der Waals surface area contributed by atoms with Gasteiger partial charge < -0.3 is 14.9 Å². The molecular formula is C14H15N5O. The second-order valence-corrected chi connectivity index (χ2v) is 4.77. The van der Waals surface area contributed by atoms with Gasteiger partial charge in [-0.05, 0) is 31.2 Å². The number of nitrogens with one attached hydrogen (secondary N) is 2. The standard InChI is InChI=1S/C14H15N5O/c1-9(13-18-16-8-19(13)2)17-14(20)11-3-4-12-10(7-11)5-6-15-12/h3-9,15H,1-2H3,(H,17,20). The summed E-state index contributed by atoms with van der Waals surface area (Å²) in [5.41, 5.74) is 1.65. The molecule has 102 valence electrons. The van der Waals surface area contributed by atoms with Crippen molar-refractivity contribution in [3.05, 3.63) is 48.2 Å². The predicted octanol–water partition coefficient (Wildman–Crippen LogP) is 1.79. The third-order valence-corrected chi connectivity index (χ3v) is 3.30. The van der Waals surface area contributed by atoms with E-state index >= 15 is 0 Å². The van der Waals surface area contributed by atoms with Crippen molar-refractivity contribution in [2.75, 3.05) is 0 Å². The molecule has 0 saturated heterocycles. The van der Waals surface area contributed by atoms with E-state index in [1.807, 2.05) is 38.4 Å². The van der Waals surface area contributed by atoms with Gasteiger partial charge in [-0.1, -0.05) is 0 Å². The SMILES string of the molecule is CC(NC(=O)c1ccc2[nH]ccc2c1)c1nncn1C. The first-order valence-electron chi connectivity index (χ1n) is 6.37. The molecule has 3 aromatic rings. The van der Waals surface area contributed by atoms with Crippen molar-refractivity contribution < 1.29 is 4.79 Å². The molecule has 0 aliphatic carbocycles. The summed E-state index contributed by atoms with van der Waals surface area (Å²) in [5.74, 6) is 0.602. The molecule has 0 radical (unpaired) electrons. The highest BCUT2D eigenvalue weighted by Crippen LogP contribution is 2.15. The lowest BCUT2D eigenvalue weighted by atomic mass is 10.1. The number of carbonyl (C=O) groups is 1. The van der Waals surface area contributed by atoms with Crippen LogP contribution in [0.25, 0.3) is 10.9 Å². The summed E-state index contributed by atoms with van der Waals surface area (Å²) in [4.78, 5) is 15.4. The molecule has 6 heteroatoms. The number of amides is 1. The van der Waals surface area contributed by atoms with Gasteiger partial charge in [-0.3, -0.25) is 4.79 Å². The van der Waals surface area contributed by atoms with Crippen molar-refractivity contribution in [1.29, 1.82) is 0 Å². The highest BCUT2D eigenvalue weighted by atomic mass is 16.1. The van der Waals surface area contributed by atoms with E-state index < -0.39 is 0 Å². The number of aromatic nitrogens is 4. The smallest absolute Gasteiger partial charge is 0.251 e. The van der Waals surface area contributed by atoms with Crippen LogP contribution in [0.5, 0.6) is 0 Å². The minimum atomic E-state index is -0.197. The highest BCUT2D eigenvalue weighted by Gasteiger charge is 2.15. The zero-order chi connectivity index (χ0) is 14.1. The van der Waals surface area contributed by atoms with Crippen molar-refractivity contribution in [2.45, 2.75) is 13.0 Å². The Morgan fingerprint density at radius 2 is 2.25 bits per heavy atom. The van der Waals surface area contributed by atoms with Crippen LogP contribution in [0.15, 0.2) is 36.8 Å². The maximum Gasteiger partial charge on any atom is 0.251 e. The number of aromatic amines is 1. The van der Waals surface area contributed by atoms with Gasteiger partial charge in [-0.15, -0.1) is 10.2 Å². The summed E-state index contributed by atoms with van der Waals surface area (Å²) < 4.78 is 1.79. The van der Waals surface area contributed by atoms with Crippen LogP contribution in [0.2, 0.25) is 0 Å². The normalized spacial score (nSPS) is 12.5. The zero-order valence-corrected chi connectivity index (χ0v) is 11.3. The molecule has 6 nitrogen and oxygen atoms in total. The Morgan fingerprint density at radius 3 is 3.00 bits per heavy atom. The fourth-order valence-corrected chi connectivity index (χ4v) is 2.22. The molecule has 2 heterocycles. The number of aryl methyl sites for hydroxylation is 1. The zero-order valence-electron chi connectivity index (χ0n) is 11.3. The molecule has 2 N–H and O–H groups in total. The summed E-state index contributed by atoms with van der Waals surface area (Å²) in [5, 5.41) is 11.8. The average Bonchev–Trinajstić information content (AvgIpc) is 3.05. The molecule has 0 aliphatic heterocycles. The Bertz CT molecular complexity index is 758. The van der Waals surface area contributed by atoms with Gasteiger partial charge in [0.25, 0.3) is 5.91 Å². The van der Waals surface area contributed by atoms with Crippen LogP contribution in [0, 0.1) is 0 Å². The van der Waals surface area contributed by atoms with Crippen molar-refractivity contribution in [3.63, 3.8) is 0 Å². The number of nitrogens with zero attached hydrogens (tertiary/aromatic N) is 3. The van der Waals surface area contributed by atoms with Crippen LogP contribution in [0.1, 0.15) is 29.1 Å². The molecule has 1 unspecified atom stereocenters. The summed E-state index contributed by atoms with van der Waals surface area (Å²) >= 11 is 0. The van der Waals surface area contributed by atoms with Crippen molar-refractivity contribution >= 4 is 16.8 Å². The first-order valence-corrected chi connectivity index (χ1v) is 6.37. The van der Waals surface area contributed by atoms with Gasteiger partial charge in [0, 0.05) is 29.7 Å². The molecule has 20 heavy (non-hydrogen) atoms. The summed E-state index contributed by atoms with van der Waals surface area (Å²) in [7, 11) is 1.85. The van der Waals surface area contributed by atoms with E-state index in [0.29, 0.717) is 5.56 Å². The second kappa shape index (κ2) is 4.80. The van der Waals surface area contributed by atoms with E-state index in [1.54, 1.807) is 17.0 Å². The molecular weight excluding hydrogens is 254 g/mol. The number of carbonyl (C=O) groups excluding carboxylic acids is 1. The number of fused-ring (bicyclic) bond motifs is 1. The Hall–Kier alpha value is -2.63. The molecule has 0 saturated carbocycles. The van der Waals surface area contributed by atoms with Crippen LogP contribution in [0.3, 0.4) is 0 Å². The molecule has 3 rings (SSSR count). The lowest BCUT2D eigenvalue weighted by Crippen LogP contribution is -2.28. The quantitative estimate of drug-likeness (QED) is 0.761. The maximum absolute atomic E-state index is 12.2. The lowest BCUT2D eigenvalue weighted by Gasteiger charge is -2.13. The topological polar surface area (TPSA) is 75.6 Å². The van der Waals surface area contributed by atoms with Crippen molar-refractivity contribution in [2.24, 2.45) is 7.05 Å². The van der Waals surface area contributed by atoms with E-state index in [9.17, 15) is 4.79 Å². The Labute approximate surface area is 115 Å². The largest absolute Gasteiger partial charge is 0.361 e. The highest BCUT2D eigenvalue weighted by molar-refractivity contribution is 5.98. The minimum Gasteiger partial charge on any atom is -0.361 e. The van der Waals surface area contributed by atoms with Crippen LogP contribution in [-0.4, -0.2) is 25.7 Å². The van der Waals surface area contributed by atoms with Crippen LogP contribution in [-0.2, 0) is 7.05 Å². The van der Waals surface area contributed by atoms with Gasteiger partial charge >= 0.3 is 0 Å².